The molecule has 2 atom stereocenters. The highest BCUT2D eigenvalue weighted by Crippen LogP contribution is 2.47. The summed E-state index contributed by atoms with van der Waals surface area (Å²) in [6.07, 6.45) is 2.52. The number of rotatable bonds is 5. The van der Waals surface area contributed by atoms with Gasteiger partial charge in [0.25, 0.3) is 0 Å². The molecule has 5 rings (SSSR count). The van der Waals surface area contributed by atoms with E-state index in [4.69, 9.17) is 27.9 Å². The third-order valence-corrected chi connectivity index (χ3v) is 9.16. The van der Waals surface area contributed by atoms with Crippen LogP contribution in [0.25, 0.3) is 0 Å². The molecule has 2 aromatic rings. The summed E-state index contributed by atoms with van der Waals surface area (Å²) in [4.78, 5) is 44.7. The fourth-order valence-electron chi connectivity index (χ4n) is 5.61. The molecule has 2 heterocycles. The summed E-state index contributed by atoms with van der Waals surface area (Å²) in [6.45, 7) is 3.92. The smallest absolute Gasteiger partial charge is 0.410 e. The fourth-order valence-corrected chi connectivity index (χ4v) is 5.92. The number of nitrogens with zero attached hydrogens (tertiary/aromatic N) is 3. The Kier molecular flexibility index (Phi) is 7.80. The van der Waals surface area contributed by atoms with Crippen LogP contribution in [0.15, 0.2) is 42.5 Å². The molecule has 208 valence electrons. The average Bonchev–Trinajstić information content (AvgIpc) is 3.53. The first-order valence-corrected chi connectivity index (χ1v) is 14.0. The SMILES string of the molecule is CN(C(=O)Oc1ccc(F)cc1)C1CN(C(=O)C2CCN(C(=O)C3(C)CC3)CC2)C[C@@H]1c1ccc(Cl)c(Cl)c1. The number of halogens is 3. The van der Waals surface area contributed by atoms with E-state index < -0.39 is 11.9 Å². The Balaban J connectivity index is 1.30. The average molecular weight is 576 g/mol. The molecule has 0 radical (unpaired) electrons. The van der Waals surface area contributed by atoms with E-state index in [1.54, 1.807) is 19.2 Å². The molecule has 0 N–H and O–H groups in total. The summed E-state index contributed by atoms with van der Waals surface area (Å²) in [5.74, 6) is -0.351. The van der Waals surface area contributed by atoms with Gasteiger partial charge in [-0.15, -0.1) is 0 Å². The van der Waals surface area contributed by atoms with Gasteiger partial charge in [0, 0.05) is 50.5 Å². The molecule has 3 fully saturated rings. The van der Waals surface area contributed by atoms with Gasteiger partial charge in [-0.05, 0) is 67.6 Å². The van der Waals surface area contributed by atoms with Crippen LogP contribution in [0.5, 0.6) is 5.75 Å². The molecule has 3 amide bonds. The number of hydrogen-bond donors (Lipinski definition) is 0. The normalized spacial score (nSPS) is 22.5. The van der Waals surface area contributed by atoms with Crippen molar-refractivity contribution in [2.45, 2.75) is 44.6 Å². The third kappa shape index (κ3) is 5.87. The Morgan fingerprint density at radius 1 is 0.974 bits per heavy atom. The lowest BCUT2D eigenvalue weighted by molar-refractivity contribution is -0.142. The third-order valence-electron chi connectivity index (χ3n) is 8.42. The molecule has 0 spiro atoms. The quantitative estimate of drug-likeness (QED) is 0.465. The van der Waals surface area contributed by atoms with Gasteiger partial charge in [-0.2, -0.15) is 0 Å². The summed E-state index contributed by atoms with van der Waals surface area (Å²) < 4.78 is 18.8. The van der Waals surface area contributed by atoms with Crippen molar-refractivity contribution < 1.29 is 23.5 Å². The van der Waals surface area contributed by atoms with Crippen molar-refractivity contribution in [1.82, 2.24) is 14.7 Å². The van der Waals surface area contributed by atoms with Crippen LogP contribution in [0.3, 0.4) is 0 Å². The number of carbonyl (C=O) groups is 3. The van der Waals surface area contributed by atoms with E-state index in [0.717, 1.165) is 18.4 Å². The lowest BCUT2D eigenvalue weighted by atomic mass is 9.93. The zero-order valence-electron chi connectivity index (χ0n) is 22.0. The van der Waals surface area contributed by atoms with Crippen LogP contribution in [-0.2, 0) is 9.59 Å². The number of benzene rings is 2. The molecule has 2 saturated heterocycles. The standard InChI is InChI=1S/C29H32Cl2FN3O4/c1-29(11-12-29)27(37)34-13-9-18(10-14-34)26(36)35-16-22(19-3-8-23(30)24(31)15-19)25(17-35)33(2)28(38)39-21-6-4-20(32)5-7-21/h3-8,15,18,22,25H,9-14,16-17H2,1-2H3/t22-,25?/m1/s1. The maximum absolute atomic E-state index is 13.7. The molecular weight excluding hydrogens is 544 g/mol. The predicted molar refractivity (Wildman–Crippen MR) is 146 cm³/mol. The van der Waals surface area contributed by atoms with E-state index >= 15 is 0 Å². The maximum atomic E-state index is 13.7. The second-order valence-electron chi connectivity index (χ2n) is 11.2. The summed E-state index contributed by atoms with van der Waals surface area (Å²) in [6, 6.07) is 10.2. The fraction of sp³-hybridized carbons (Fsp3) is 0.483. The molecule has 2 aromatic carbocycles. The Morgan fingerprint density at radius 3 is 2.26 bits per heavy atom. The molecular formula is C29H32Cl2FN3O4. The lowest BCUT2D eigenvalue weighted by Crippen LogP contribution is -2.46. The molecule has 1 unspecified atom stereocenters. The second-order valence-corrected chi connectivity index (χ2v) is 12.0. The topological polar surface area (TPSA) is 70.2 Å². The van der Waals surface area contributed by atoms with E-state index in [9.17, 15) is 18.8 Å². The molecule has 0 bridgehead atoms. The van der Waals surface area contributed by atoms with Crippen LogP contribution in [0.4, 0.5) is 9.18 Å². The van der Waals surface area contributed by atoms with Crippen LogP contribution in [0.2, 0.25) is 10.0 Å². The number of amides is 3. The van der Waals surface area contributed by atoms with Gasteiger partial charge in [0.05, 0.1) is 16.1 Å². The zero-order chi connectivity index (χ0) is 27.9. The molecule has 0 aromatic heterocycles. The maximum Gasteiger partial charge on any atom is 0.415 e. The van der Waals surface area contributed by atoms with Crippen LogP contribution < -0.4 is 4.74 Å². The Morgan fingerprint density at radius 2 is 1.64 bits per heavy atom. The van der Waals surface area contributed by atoms with E-state index in [0.29, 0.717) is 49.1 Å². The highest BCUT2D eigenvalue weighted by Gasteiger charge is 2.48. The van der Waals surface area contributed by atoms with Crippen molar-refractivity contribution in [1.29, 1.82) is 0 Å². The molecule has 39 heavy (non-hydrogen) atoms. The highest BCUT2D eigenvalue weighted by molar-refractivity contribution is 6.42. The number of carbonyl (C=O) groups excluding carboxylic acids is 3. The molecule has 7 nitrogen and oxygen atoms in total. The van der Waals surface area contributed by atoms with Crippen molar-refractivity contribution in [3.8, 4) is 5.75 Å². The number of likely N-dealkylation sites (N-methyl/N-ethyl adjacent to an activating group) is 1. The van der Waals surface area contributed by atoms with Crippen molar-refractivity contribution >= 4 is 41.1 Å². The van der Waals surface area contributed by atoms with E-state index in [-0.39, 0.29) is 40.9 Å². The van der Waals surface area contributed by atoms with E-state index in [2.05, 4.69) is 0 Å². The first kappa shape index (κ1) is 27.7. The zero-order valence-corrected chi connectivity index (χ0v) is 23.6. The Labute approximate surface area is 237 Å². The lowest BCUT2D eigenvalue weighted by Gasteiger charge is -2.34. The summed E-state index contributed by atoms with van der Waals surface area (Å²) >= 11 is 12.5. The monoisotopic (exact) mass is 575 g/mol. The summed E-state index contributed by atoms with van der Waals surface area (Å²) in [5.41, 5.74) is 0.656. The molecule has 2 aliphatic heterocycles. The predicted octanol–water partition coefficient (Wildman–Crippen LogP) is 5.60. The molecule has 1 saturated carbocycles. The number of piperidine rings is 1. The molecule has 10 heteroatoms. The van der Waals surface area contributed by atoms with Crippen LogP contribution in [-0.4, -0.2) is 71.9 Å². The molecule has 1 aliphatic carbocycles. The van der Waals surface area contributed by atoms with Gasteiger partial charge in [-0.25, -0.2) is 9.18 Å². The van der Waals surface area contributed by atoms with Crippen molar-refractivity contribution in [2.75, 3.05) is 33.2 Å². The number of likely N-dealkylation sites (tertiary alicyclic amines) is 2. The van der Waals surface area contributed by atoms with E-state index in [1.807, 2.05) is 22.8 Å². The second kappa shape index (κ2) is 11.0. The largest absolute Gasteiger partial charge is 0.415 e. The minimum absolute atomic E-state index is 0.0348. The first-order valence-electron chi connectivity index (χ1n) is 13.3. The van der Waals surface area contributed by atoms with Gasteiger partial charge in [0.2, 0.25) is 11.8 Å². The van der Waals surface area contributed by atoms with Gasteiger partial charge in [-0.1, -0.05) is 36.2 Å². The summed E-state index contributed by atoms with van der Waals surface area (Å²) in [7, 11) is 1.64. The van der Waals surface area contributed by atoms with Gasteiger partial charge in [0.1, 0.15) is 11.6 Å². The van der Waals surface area contributed by atoms with E-state index in [1.165, 1.54) is 29.2 Å². The van der Waals surface area contributed by atoms with Crippen LogP contribution in [0.1, 0.15) is 44.1 Å². The van der Waals surface area contributed by atoms with Gasteiger partial charge < -0.3 is 19.4 Å². The van der Waals surface area contributed by atoms with Gasteiger partial charge >= 0.3 is 6.09 Å². The van der Waals surface area contributed by atoms with Crippen molar-refractivity contribution in [2.24, 2.45) is 11.3 Å². The first-order chi connectivity index (χ1) is 18.6. The van der Waals surface area contributed by atoms with Gasteiger partial charge in [-0.3, -0.25) is 9.59 Å². The Hall–Kier alpha value is -2.84. The van der Waals surface area contributed by atoms with Crippen molar-refractivity contribution in [3.63, 3.8) is 0 Å². The molecule has 3 aliphatic rings. The van der Waals surface area contributed by atoms with Crippen LogP contribution in [0, 0.1) is 17.2 Å². The highest BCUT2D eigenvalue weighted by atomic mass is 35.5. The summed E-state index contributed by atoms with van der Waals surface area (Å²) in [5, 5.41) is 0.823. The number of ether oxygens (including phenoxy) is 1. The number of hydrogen-bond acceptors (Lipinski definition) is 4. The van der Waals surface area contributed by atoms with Gasteiger partial charge in [0.15, 0.2) is 0 Å². The van der Waals surface area contributed by atoms with Crippen molar-refractivity contribution in [3.05, 3.63) is 63.9 Å². The van der Waals surface area contributed by atoms with Crippen LogP contribution >= 0.6 is 23.2 Å². The Bertz CT molecular complexity index is 1260. The minimum atomic E-state index is -0.605. The minimum Gasteiger partial charge on any atom is -0.410 e.